The summed E-state index contributed by atoms with van der Waals surface area (Å²) in [6.45, 7) is 6.99. The molecular weight excluding hydrogens is 384 g/mol. The van der Waals surface area contributed by atoms with Crippen molar-refractivity contribution >= 4 is 35.2 Å². The summed E-state index contributed by atoms with van der Waals surface area (Å²) >= 11 is 0. The molecule has 1 atom stereocenters. The lowest BCUT2D eigenvalue weighted by molar-refractivity contribution is -0.117. The second kappa shape index (κ2) is 7.75. The Morgan fingerprint density at radius 1 is 1.30 bits per heavy atom. The highest BCUT2D eigenvalue weighted by molar-refractivity contribution is 6.11. The maximum atomic E-state index is 13.0. The fourth-order valence-corrected chi connectivity index (χ4v) is 3.71. The van der Waals surface area contributed by atoms with Crippen LogP contribution in [0.4, 0.5) is 16.2 Å². The van der Waals surface area contributed by atoms with Crippen LogP contribution in [-0.4, -0.2) is 55.7 Å². The summed E-state index contributed by atoms with van der Waals surface area (Å²) in [6, 6.07) is 5.60. The number of ether oxygens (including phenoxy) is 2. The maximum Gasteiger partial charge on any atom is 0.414 e. The number of allylic oxidation sites excluding steroid dienone is 1. The molecule has 0 radical (unpaired) electrons. The minimum atomic E-state index is -0.387. The van der Waals surface area contributed by atoms with E-state index in [0.717, 1.165) is 24.0 Å². The second-order valence-corrected chi connectivity index (χ2v) is 8.46. The van der Waals surface area contributed by atoms with Gasteiger partial charge in [-0.1, -0.05) is 6.07 Å². The van der Waals surface area contributed by atoms with Gasteiger partial charge in [0.05, 0.1) is 36.7 Å². The van der Waals surface area contributed by atoms with Gasteiger partial charge in [0, 0.05) is 31.5 Å². The summed E-state index contributed by atoms with van der Waals surface area (Å²) < 4.78 is 10.9. The van der Waals surface area contributed by atoms with Gasteiger partial charge in [-0.3, -0.25) is 14.7 Å². The van der Waals surface area contributed by atoms with E-state index in [4.69, 9.17) is 15.2 Å². The third-order valence-electron chi connectivity index (χ3n) is 5.82. The van der Waals surface area contributed by atoms with Crippen LogP contribution in [0.15, 0.2) is 29.4 Å². The number of nitrogens with two attached hydrogens (primary N) is 1. The number of amides is 2. The Morgan fingerprint density at radius 3 is 2.60 bits per heavy atom. The van der Waals surface area contributed by atoms with E-state index >= 15 is 0 Å². The molecule has 160 valence electrons. The Balaban J connectivity index is 1.69. The van der Waals surface area contributed by atoms with Crippen molar-refractivity contribution in [3.8, 4) is 0 Å². The highest BCUT2D eigenvalue weighted by atomic mass is 16.6. The molecule has 1 unspecified atom stereocenters. The molecule has 8 heteroatoms. The number of carbonyl (C=O) groups excluding carboxylic acids is 2. The lowest BCUT2D eigenvalue weighted by Crippen LogP contribution is -2.52. The minimum absolute atomic E-state index is 0.0696. The number of benzene rings is 1. The summed E-state index contributed by atoms with van der Waals surface area (Å²) in [5, 5.41) is 0. The Kier molecular flexibility index (Phi) is 5.27. The van der Waals surface area contributed by atoms with E-state index in [9.17, 15) is 9.59 Å². The van der Waals surface area contributed by atoms with Gasteiger partial charge in [-0.25, -0.2) is 4.79 Å². The molecule has 2 N–H and O–H groups in total. The standard InChI is InChI=1S/C22H28N4O4/c1-14-11-25(21(28)30-22(3)6-7-22)20-8-16(4-5-19(20)26(14)15(2)27)17(9-23)10-24-18-12-29-13-18/h4-5,8-10,14,18H,6-7,11-13,23H2,1-3H3. The first-order valence-corrected chi connectivity index (χ1v) is 10.3. The first kappa shape index (κ1) is 20.4. The number of rotatable bonds is 4. The Hall–Kier alpha value is -2.87. The maximum absolute atomic E-state index is 13.0. The Bertz CT molecular complexity index is 918. The number of fused-ring (bicyclic) bond motifs is 1. The van der Waals surface area contributed by atoms with E-state index in [1.807, 2.05) is 32.0 Å². The van der Waals surface area contributed by atoms with Gasteiger partial charge in [0.2, 0.25) is 5.91 Å². The first-order chi connectivity index (χ1) is 14.3. The van der Waals surface area contributed by atoms with E-state index in [-0.39, 0.29) is 29.7 Å². The zero-order chi connectivity index (χ0) is 21.5. The predicted octanol–water partition coefficient (Wildman–Crippen LogP) is 2.71. The van der Waals surface area contributed by atoms with Crippen molar-refractivity contribution in [2.75, 3.05) is 29.6 Å². The Labute approximate surface area is 176 Å². The van der Waals surface area contributed by atoms with Crippen LogP contribution in [0, 0.1) is 0 Å². The molecule has 2 aliphatic heterocycles. The summed E-state index contributed by atoms with van der Waals surface area (Å²) in [7, 11) is 0. The number of hydrogen-bond acceptors (Lipinski definition) is 6. The molecule has 3 aliphatic rings. The van der Waals surface area contributed by atoms with Gasteiger partial charge in [0.25, 0.3) is 0 Å². The van der Waals surface area contributed by atoms with E-state index in [1.165, 1.54) is 13.1 Å². The van der Waals surface area contributed by atoms with E-state index in [1.54, 1.807) is 16.0 Å². The van der Waals surface area contributed by atoms with Crippen molar-refractivity contribution in [3.63, 3.8) is 0 Å². The average molecular weight is 412 g/mol. The molecule has 1 saturated heterocycles. The third kappa shape index (κ3) is 3.92. The zero-order valence-electron chi connectivity index (χ0n) is 17.6. The number of aliphatic imine (C=N–C) groups is 1. The normalized spacial score (nSPS) is 23.2. The molecule has 4 rings (SSSR count). The third-order valence-corrected chi connectivity index (χ3v) is 5.82. The largest absolute Gasteiger partial charge is 0.443 e. The van der Waals surface area contributed by atoms with Gasteiger partial charge in [-0.2, -0.15) is 0 Å². The molecule has 0 spiro atoms. The summed E-state index contributed by atoms with van der Waals surface area (Å²) in [5.74, 6) is -0.0696. The topological polar surface area (TPSA) is 97.5 Å². The van der Waals surface area contributed by atoms with Crippen molar-refractivity contribution < 1.29 is 19.1 Å². The molecular formula is C22H28N4O4. The summed E-state index contributed by atoms with van der Waals surface area (Å²) in [4.78, 5) is 33.1. The van der Waals surface area contributed by atoms with Gasteiger partial charge in [0.15, 0.2) is 0 Å². The first-order valence-electron chi connectivity index (χ1n) is 10.3. The van der Waals surface area contributed by atoms with Gasteiger partial charge in [0.1, 0.15) is 5.60 Å². The summed E-state index contributed by atoms with van der Waals surface area (Å²) in [5.41, 5.74) is 8.34. The van der Waals surface area contributed by atoms with Crippen LogP contribution >= 0.6 is 0 Å². The lowest BCUT2D eigenvalue weighted by atomic mass is 10.0. The van der Waals surface area contributed by atoms with Gasteiger partial charge >= 0.3 is 6.09 Å². The van der Waals surface area contributed by atoms with Crippen LogP contribution in [0.5, 0.6) is 0 Å². The monoisotopic (exact) mass is 412 g/mol. The molecule has 1 aromatic carbocycles. The molecule has 2 amide bonds. The molecule has 30 heavy (non-hydrogen) atoms. The fourth-order valence-electron chi connectivity index (χ4n) is 3.71. The van der Waals surface area contributed by atoms with E-state index < -0.39 is 0 Å². The van der Waals surface area contributed by atoms with Crippen molar-refractivity contribution in [1.29, 1.82) is 0 Å². The molecule has 0 aromatic heterocycles. The minimum Gasteiger partial charge on any atom is -0.443 e. The second-order valence-electron chi connectivity index (χ2n) is 8.46. The van der Waals surface area contributed by atoms with Crippen molar-refractivity contribution in [2.24, 2.45) is 10.7 Å². The SMILES string of the molecule is CC(=O)N1c2ccc(C(C=NC3COC3)=CN)cc2N(C(=O)OC2(C)CC2)CC1C. The molecule has 1 aliphatic carbocycles. The quantitative estimate of drug-likeness (QED) is 0.767. The molecule has 1 aromatic rings. The van der Waals surface area contributed by atoms with Crippen LogP contribution < -0.4 is 15.5 Å². The van der Waals surface area contributed by atoms with Crippen LogP contribution in [0.25, 0.3) is 5.57 Å². The fraction of sp³-hybridized carbons (Fsp3) is 0.500. The number of nitrogens with zero attached hydrogens (tertiary/aromatic N) is 3. The van der Waals surface area contributed by atoms with Crippen LogP contribution in [-0.2, 0) is 14.3 Å². The van der Waals surface area contributed by atoms with Crippen molar-refractivity contribution in [3.05, 3.63) is 30.0 Å². The smallest absolute Gasteiger partial charge is 0.414 e. The highest BCUT2D eigenvalue weighted by Crippen LogP contribution is 2.42. The van der Waals surface area contributed by atoms with Gasteiger partial charge < -0.3 is 20.1 Å². The Morgan fingerprint density at radius 2 is 2.03 bits per heavy atom. The van der Waals surface area contributed by atoms with Crippen LogP contribution in [0.2, 0.25) is 0 Å². The number of hydrogen-bond donors (Lipinski definition) is 1. The number of anilines is 2. The van der Waals surface area contributed by atoms with Gasteiger partial charge in [-0.05, 0) is 44.4 Å². The zero-order valence-corrected chi connectivity index (χ0v) is 17.6. The van der Waals surface area contributed by atoms with E-state index in [2.05, 4.69) is 4.99 Å². The lowest BCUT2D eigenvalue weighted by Gasteiger charge is -2.40. The molecule has 2 heterocycles. The molecule has 8 nitrogen and oxygen atoms in total. The van der Waals surface area contributed by atoms with Crippen molar-refractivity contribution in [1.82, 2.24) is 0 Å². The molecule has 1 saturated carbocycles. The predicted molar refractivity (Wildman–Crippen MR) is 116 cm³/mol. The van der Waals surface area contributed by atoms with Crippen LogP contribution in [0.1, 0.15) is 39.2 Å². The molecule has 2 fully saturated rings. The van der Waals surface area contributed by atoms with E-state index in [0.29, 0.717) is 31.1 Å². The number of carbonyl (C=O) groups is 2. The molecule has 0 bridgehead atoms. The summed E-state index contributed by atoms with van der Waals surface area (Å²) in [6.07, 6.45) is 4.58. The van der Waals surface area contributed by atoms with Crippen molar-refractivity contribution in [2.45, 2.75) is 51.3 Å². The average Bonchev–Trinajstić information content (AvgIpc) is 3.39. The van der Waals surface area contributed by atoms with Crippen LogP contribution in [0.3, 0.4) is 0 Å². The van der Waals surface area contributed by atoms with Gasteiger partial charge in [-0.15, -0.1) is 0 Å². The highest BCUT2D eigenvalue weighted by Gasteiger charge is 2.44.